The molecule has 1 N–H and O–H groups in total. The molecule has 0 amide bonds. The van der Waals surface area contributed by atoms with Gasteiger partial charge >= 0.3 is 5.97 Å². The fourth-order valence-electron chi connectivity index (χ4n) is 2.17. The molecular formula is C17H18FNO4S. The molecule has 2 aromatic rings. The normalized spacial score (nSPS) is 12.6. The summed E-state index contributed by atoms with van der Waals surface area (Å²) in [4.78, 5) is 12.3. The Morgan fingerprint density at radius 1 is 1.21 bits per heavy atom. The van der Waals surface area contributed by atoms with E-state index >= 15 is 0 Å². The predicted octanol–water partition coefficient (Wildman–Crippen LogP) is 3.04. The van der Waals surface area contributed by atoms with E-state index in [2.05, 4.69) is 4.72 Å². The zero-order chi connectivity index (χ0) is 17.7. The maximum absolute atomic E-state index is 13.0. The Kier molecular flexibility index (Phi) is 5.69. The van der Waals surface area contributed by atoms with Gasteiger partial charge in [0.1, 0.15) is 11.9 Å². The van der Waals surface area contributed by atoms with Gasteiger partial charge in [-0.2, -0.15) is 0 Å². The summed E-state index contributed by atoms with van der Waals surface area (Å²) in [6.07, 6.45) is -0.0334. The van der Waals surface area contributed by atoms with Gasteiger partial charge < -0.3 is 4.74 Å². The molecule has 0 unspecified atom stereocenters. The highest BCUT2D eigenvalue weighted by Crippen LogP contribution is 2.23. The van der Waals surface area contributed by atoms with Crippen molar-refractivity contribution >= 4 is 16.0 Å². The first-order valence-corrected chi connectivity index (χ1v) is 8.85. The first-order valence-electron chi connectivity index (χ1n) is 7.37. The summed E-state index contributed by atoms with van der Waals surface area (Å²) in [7, 11) is -2.35. The molecule has 0 aliphatic rings. The minimum atomic E-state index is -3.64. The number of sulfonamides is 1. The number of carbonyl (C=O) groups excluding carboxylic acids is 1. The number of ether oxygens (including phenoxy) is 1. The lowest BCUT2D eigenvalue weighted by atomic mass is 10.1. The van der Waals surface area contributed by atoms with E-state index in [4.69, 9.17) is 4.74 Å². The molecule has 0 aliphatic heterocycles. The maximum atomic E-state index is 13.0. The van der Waals surface area contributed by atoms with Crippen molar-refractivity contribution in [3.63, 3.8) is 0 Å². The third-order valence-corrected chi connectivity index (χ3v) is 4.92. The average Bonchev–Trinajstić information content (AvgIpc) is 2.60. The minimum Gasteiger partial charge on any atom is -0.454 e. The smallest absolute Gasteiger partial charge is 0.338 e. The number of hydrogen-bond acceptors (Lipinski definition) is 4. The molecule has 0 saturated heterocycles. The Balaban J connectivity index is 2.22. The summed E-state index contributed by atoms with van der Waals surface area (Å²) in [6.45, 7) is 1.84. The maximum Gasteiger partial charge on any atom is 0.338 e. The van der Waals surface area contributed by atoms with Gasteiger partial charge in [-0.05, 0) is 49.4 Å². The molecule has 0 fully saturated rings. The molecule has 0 bridgehead atoms. The monoisotopic (exact) mass is 351 g/mol. The molecule has 1 atom stereocenters. The zero-order valence-electron chi connectivity index (χ0n) is 13.3. The highest BCUT2D eigenvalue weighted by Gasteiger charge is 2.19. The van der Waals surface area contributed by atoms with E-state index in [1.54, 1.807) is 12.1 Å². The number of rotatable bonds is 6. The van der Waals surface area contributed by atoms with E-state index in [1.807, 2.05) is 6.92 Å². The predicted molar refractivity (Wildman–Crippen MR) is 87.5 cm³/mol. The van der Waals surface area contributed by atoms with Crippen LogP contribution in [0.4, 0.5) is 4.39 Å². The Labute approximate surface area is 140 Å². The van der Waals surface area contributed by atoms with Crippen LogP contribution in [0.5, 0.6) is 0 Å². The van der Waals surface area contributed by atoms with Gasteiger partial charge in [0.25, 0.3) is 0 Å². The second kappa shape index (κ2) is 7.55. The first kappa shape index (κ1) is 18.1. The topological polar surface area (TPSA) is 72.5 Å². The van der Waals surface area contributed by atoms with Gasteiger partial charge in [0.2, 0.25) is 10.0 Å². The highest BCUT2D eigenvalue weighted by molar-refractivity contribution is 7.89. The summed E-state index contributed by atoms with van der Waals surface area (Å²) in [5.74, 6) is -1.01. The van der Waals surface area contributed by atoms with Crippen LogP contribution in [0.3, 0.4) is 0 Å². The average molecular weight is 351 g/mol. The Morgan fingerprint density at radius 3 is 2.46 bits per heavy atom. The second-order valence-corrected chi connectivity index (χ2v) is 6.98. The van der Waals surface area contributed by atoms with Crippen LogP contribution < -0.4 is 4.72 Å². The first-order chi connectivity index (χ1) is 11.4. The van der Waals surface area contributed by atoms with Crippen LogP contribution in [-0.4, -0.2) is 21.4 Å². The van der Waals surface area contributed by atoms with Crippen LogP contribution in [0.15, 0.2) is 53.4 Å². The van der Waals surface area contributed by atoms with E-state index in [0.29, 0.717) is 12.0 Å². The molecule has 0 saturated carbocycles. The molecule has 0 aromatic heterocycles. The van der Waals surface area contributed by atoms with Gasteiger partial charge in [0.05, 0.1) is 10.5 Å². The molecule has 0 radical (unpaired) electrons. The summed E-state index contributed by atoms with van der Waals surface area (Å²) in [6, 6.07) is 11.3. The standard InChI is InChI=1S/C17H18FNO4S/c1-3-16(12-7-9-14(18)10-8-12)23-17(20)13-5-4-6-15(11-13)24(21,22)19-2/h4-11,16,19H,3H2,1-2H3/t16-/m1/s1. The number of esters is 1. The molecule has 7 heteroatoms. The number of benzene rings is 2. The second-order valence-electron chi connectivity index (χ2n) is 5.09. The Bertz CT molecular complexity index is 819. The van der Waals surface area contributed by atoms with Crippen LogP contribution in [0, 0.1) is 5.82 Å². The van der Waals surface area contributed by atoms with Crippen molar-refractivity contribution in [2.45, 2.75) is 24.3 Å². The van der Waals surface area contributed by atoms with Gasteiger partial charge in [-0.25, -0.2) is 22.3 Å². The van der Waals surface area contributed by atoms with E-state index < -0.39 is 22.1 Å². The molecular weight excluding hydrogens is 333 g/mol. The molecule has 2 rings (SSSR count). The molecule has 0 spiro atoms. The Morgan fingerprint density at radius 2 is 1.88 bits per heavy atom. The van der Waals surface area contributed by atoms with E-state index in [0.717, 1.165) is 0 Å². The molecule has 24 heavy (non-hydrogen) atoms. The Hall–Kier alpha value is -2.25. The number of nitrogens with one attached hydrogen (secondary N) is 1. The van der Waals surface area contributed by atoms with Gasteiger partial charge in [-0.15, -0.1) is 0 Å². The van der Waals surface area contributed by atoms with Crippen molar-refractivity contribution in [2.75, 3.05) is 7.05 Å². The van der Waals surface area contributed by atoms with Crippen LogP contribution in [0.1, 0.15) is 35.4 Å². The van der Waals surface area contributed by atoms with E-state index in [9.17, 15) is 17.6 Å². The van der Waals surface area contributed by atoms with Crippen LogP contribution >= 0.6 is 0 Å². The highest BCUT2D eigenvalue weighted by atomic mass is 32.2. The van der Waals surface area contributed by atoms with Crippen molar-refractivity contribution in [3.05, 3.63) is 65.5 Å². The van der Waals surface area contributed by atoms with Crippen LogP contribution in [0.2, 0.25) is 0 Å². The van der Waals surface area contributed by atoms with Gasteiger partial charge in [0.15, 0.2) is 0 Å². The number of hydrogen-bond donors (Lipinski definition) is 1. The van der Waals surface area contributed by atoms with Gasteiger partial charge in [-0.3, -0.25) is 0 Å². The molecule has 128 valence electrons. The lowest BCUT2D eigenvalue weighted by Crippen LogP contribution is -2.19. The van der Waals surface area contributed by atoms with Crippen molar-refractivity contribution in [1.82, 2.24) is 4.72 Å². The van der Waals surface area contributed by atoms with Crippen molar-refractivity contribution in [1.29, 1.82) is 0 Å². The lowest BCUT2D eigenvalue weighted by Gasteiger charge is -2.17. The fourth-order valence-corrected chi connectivity index (χ4v) is 2.95. The van der Waals surface area contributed by atoms with Crippen molar-refractivity contribution in [2.24, 2.45) is 0 Å². The molecule has 0 heterocycles. The molecule has 5 nitrogen and oxygen atoms in total. The summed E-state index contributed by atoms with van der Waals surface area (Å²) in [5.41, 5.74) is 0.804. The SMILES string of the molecule is CC[C@@H](OC(=O)c1cccc(S(=O)(=O)NC)c1)c1ccc(F)cc1. The van der Waals surface area contributed by atoms with E-state index in [1.165, 1.54) is 43.4 Å². The van der Waals surface area contributed by atoms with Crippen LogP contribution in [0.25, 0.3) is 0 Å². The summed E-state index contributed by atoms with van der Waals surface area (Å²) >= 11 is 0. The third kappa shape index (κ3) is 4.18. The number of halogens is 1. The van der Waals surface area contributed by atoms with Gasteiger partial charge in [-0.1, -0.05) is 25.1 Å². The molecule has 2 aromatic carbocycles. The summed E-state index contributed by atoms with van der Waals surface area (Å²) in [5, 5.41) is 0. The zero-order valence-corrected chi connectivity index (χ0v) is 14.1. The van der Waals surface area contributed by atoms with E-state index in [-0.39, 0.29) is 16.3 Å². The summed E-state index contributed by atoms with van der Waals surface area (Å²) < 4.78 is 44.2. The van der Waals surface area contributed by atoms with Gasteiger partial charge in [0, 0.05) is 0 Å². The lowest BCUT2D eigenvalue weighted by molar-refractivity contribution is 0.0287. The van der Waals surface area contributed by atoms with Crippen molar-refractivity contribution < 1.29 is 22.3 Å². The molecule has 0 aliphatic carbocycles. The fraction of sp³-hybridized carbons (Fsp3) is 0.235. The quantitative estimate of drug-likeness (QED) is 0.812. The largest absolute Gasteiger partial charge is 0.454 e. The minimum absolute atomic E-state index is 0.0192. The van der Waals surface area contributed by atoms with Crippen molar-refractivity contribution in [3.8, 4) is 0 Å². The van der Waals surface area contributed by atoms with Crippen LogP contribution in [-0.2, 0) is 14.8 Å². The number of carbonyl (C=O) groups is 1. The third-order valence-electron chi connectivity index (χ3n) is 3.51.